The third-order valence-electron chi connectivity index (χ3n) is 2.70. The molecule has 0 heterocycles. The molecule has 2 aromatic carbocycles. The fourth-order valence-electron chi connectivity index (χ4n) is 1.64. The molecule has 0 unspecified atom stereocenters. The zero-order chi connectivity index (χ0) is 13.8. The number of hydrogen-bond donors (Lipinski definition) is 2. The van der Waals surface area contributed by atoms with E-state index in [9.17, 15) is 4.39 Å². The Kier molecular flexibility index (Phi) is 3.75. The van der Waals surface area contributed by atoms with Crippen molar-refractivity contribution in [1.82, 2.24) is 0 Å². The average molecular weight is 262 g/mol. The van der Waals surface area contributed by atoms with Gasteiger partial charge in [-0.15, -0.1) is 0 Å². The minimum absolute atomic E-state index is 0.291. The second kappa shape index (κ2) is 5.48. The predicted molar refractivity (Wildman–Crippen MR) is 73.6 cm³/mol. The molecule has 0 radical (unpaired) electrons. The number of rotatable bonds is 4. The van der Waals surface area contributed by atoms with Crippen molar-refractivity contribution in [2.45, 2.75) is 0 Å². The number of nitrogens with one attached hydrogen (secondary N) is 1. The number of nitrogens with two attached hydrogens (primary N) is 1. The lowest BCUT2D eigenvalue weighted by molar-refractivity contribution is 0.414. The van der Waals surface area contributed by atoms with Gasteiger partial charge in [-0.3, -0.25) is 0 Å². The van der Waals surface area contributed by atoms with E-state index in [1.54, 1.807) is 37.4 Å². The van der Waals surface area contributed by atoms with Crippen LogP contribution in [0.3, 0.4) is 0 Å². The summed E-state index contributed by atoms with van der Waals surface area (Å²) in [5, 5.41) is 2.93. The fraction of sp³-hybridized carbons (Fsp3) is 0.143. The van der Waals surface area contributed by atoms with Gasteiger partial charge in [0.15, 0.2) is 0 Å². The molecule has 0 aliphatic carbocycles. The fourth-order valence-corrected chi connectivity index (χ4v) is 1.64. The van der Waals surface area contributed by atoms with Crippen LogP contribution in [0.4, 0.5) is 21.5 Å². The molecule has 0 saturated heterocycles. The van der Waals surface area contributed by atoms with Crippen molar-refractivity contribution in [3.63, 3.8) is 0 Å². The van der Waals surface area contributed by atoms with E-state index < -0.39 is 0 Å². The van der Waals surface area contributed by atoms with Crippen LogP contribution in [0.15, 0.2) is 36.4 Å². The van der Waals surface area contributed by atoms with Gasteiger partial charge in [0.2, 0.25) is 0 Å². The van der Waals surface area contributed by atoms with Gasteiger partial charge in [-0.25, -0.2) is 4.39 Å². The lowest BCUT2D eigenvalue weighted by Gasteiger charge is -2.12. The van der Waals surface area contributed by atoms with Gasteiger partial charge in [0.25, 0.3) is 0 Å². The minimum Gasteiger partial charge on any atom is -0.497 e. The van der Waals surface area contributed by atoms with Crippen molar-refractivity contribution < 1.29 is 13.9 Å². The van der Waals surface area contributed by atoms with E-state index >= 15 is 0 Å². The van der Waals surface area contributed by atoms with Gasteiger partial charge in [-0.05, 0) is 24.3 Å². The molecule has 0 aliphatic rings. The third kappa shape index (κ3) is 2.88. The standard InChI is InChI=1S/C14H15FN2O2/c1-18-9-3-5-11(15)13(7-9)17-14-8-10(19-2)4-6-12(14)16/h3-8,17H,16H2,1-2H3. The second-order valence-electron chi connectivity index (χ2n) is 3.92. The summed E-state index contributed by atoms with van der Waals surface area (Å²) in [5.74, 6) is 0.813. The SMILES string of the molecule is COc1ccc(N)c(Nc2cc(OC)ccc2F)c1. The zero-order valence-electron chi connectivity index (χ0n) is 10.7. The molecule has 0 saturated carbocycles. The first-order valence-corrected chi connectivity index (χ1v) is 5.68. The van der Waals surface area contributed by atoms with Crippen LogP contribution in [0, 0.1) is 5.82 Å². The largest absolute Gasteiger partial charge is 0.497 e. The molecule has 0 aromatic heterocycles. The van der Waals surface area contributed by atoms with Crippen LogP contribution < -0.4 is 20.5 Å². The number of methoxy groups -OCH3 is 2. The molecule has 4 nitrogen and oxygen atoms in total. The maximum absolute atomic E-state index is 13.7. The summed E-state index contributed by atoms with van der Waals surface area (Å²) in [6.07, 6.45) is 0. The highest BCUT2D eigenvalue weighted by Crippen LogP contribution is 2.30. The minimum atomic E-state index is -0.386. The Bertz CT molecular complexity index is 536. The smallest absolute Gasteiger partial charge is 0.146 e. The van der Waals surface area contributed by atoms with Crippen LogP contribution in [0.25, 0.3) is 0 Å². The number of ether oxygens (including phenoxy) is 2. The molecule has 100 valence electrons. The lowest BCUT2D eigenvalue weighted by Crippen LogP contribution is -1.99. The summed E-state index contributed by atoms with van der Waals surface area (Å²) in [4.78, 5) is 0. The van der Waals surface area contributed by atoms with Gasteiger partial charge in [-0.1, -0.05) is 0 Å². The maximum atomic E-state index is 13.7. The second-order valence-corrected chi connectivity index (χ2v) is 3.92. The van der Waals surface area contributed by atoms with Gasteiger partial charge in [0, 0.05) is 12.1 Å². The number of hydrogen-bond acceptors (Lipinski definition) is 4. The highest BCUT2D eigenvalue weighted by Gasteiger charge is 2.07. The molecular weight excluding hydrogens is 247 g/mol. The molecule has 0 amide bonds. The Hall–Kier alpha value is -2.43. The molecule has 2 aromatic rings. The van der Waals surface area contributed by atoms with Crippen LogP contribution >= 0.6 is 0 Å². The van der Waals surface area contributed by atoms with Crippen molar-refractivity contribution in [2.24, 2.45) is 0 Å². The lowest BCUT2D eigenvalue weighted by atomic mass is 10.2. The van der Waals surface area contributed by atoms with Crippen molar-refractivity contribution in [3.05, 3.63) is 42.2 Å². The highest BCUT2D eigenvalue weighted by atomic mass is 19.1. The molecule has 2 rings (SSSR count). The topological polar surface area (TPSA) is 56.5 Å². The maximum Gasteiger partial charge on any atom is 0.146 e. The highest BCUT2D eigenvalue weighted by molar-refractivity contribution is 5.74. The molecule has 0 aliphatic heterocycles. The Morgan fingerprint density at radius 3 is 2.16 bits per heavy atom. The van der Waals surface area contributed by atoms with Gasteiger partial charge in [0.1, 0.15) is 17.3 Å². The Balaban J connectivity index is 2.35. The molecule has 0 atom stereocenters. The van der Waals surface area contributed by atoms with Crippen LogP contribution in [-0.2, 0) is 0 Å². The van der Waals surface area contributed by atoms with Crippen LogP contribution in [0.2, 0.25) is 0 Å². The van der Waals surface area contributed by atoms with Crippen LogP contribution in [0.5, 0.6) is 11.5 Å². The normalized spacial score (nSPS) is 10.1. The van der Waals surface area contributed by atoms with Crippen molar-refractivity contribution in [1.29, 1.82) is 0 Å². The van der Waals surface area contributed by atoms with Crippen molar-refractivity contribution in [3.8, 4) is 11.5 Å². The van der Waals surface area contributed by atoms with E-state index in [2.05, 4.69) is 5.32 Å². The molecule has 5 heteroatoms. The average Bonchev–Trinajstić information content (AvgIpc) is 2.43. The van der Waals surface area contributed by atoms with Crippen molar-refractivity contribution >= 4 is 17.1 Å². The van der Waals surface area contributed by atoms with Gasteiger partial charge >= 0.3 is 0 Å². The van der Waals surface area contributed by atoms with Gasteiger partial charge in [-0.2, -0.15) is 0 Å². The summed E-state index contributed by atoms with van der Waals surface area (Å²) < 4.78 is 23.9. The number of anilines is 3. The number of nitrogen functional groups attached to an aromatic ring is 1. The monoisotopic (exact) mass is 262 g/mol. The van der Waals surface area contributed by atoms with E-state index in [-0.39, 0.29) is 5.82 Å². The van der Waals surface area contributed by atoms with Gasteiger partial charge < -0.3 is 20.5 Å². The molecular formula is C14H15FN2O2. The summed E-state index contributed by atoms with van der Waals surface area (Å²) >= 11 is 0. The Labute approximate surface area is 111 Å². The molecule has 3 N–H and O–H groups in total. The molecule has 0 fully saturated rings. The van der Waals surface area contributed by atoms with Crippen molar-refractivity contribution in [2.75, 3.05) is 25.3 Å². The number of halogens is 1. The summed E-state index contributed by atoms with van der Waals surface area (Å²) in [6.45, 7) is 0. The third-order valence-corrected chi connectivity index (χ3v) is 2.70. The van der Waals surface area contributed by atoms with E-state index in [0.29, 0.717) is 28.6 Å². The van der Waals surface area contributed by atoms with E-state index in [0.717, 1.165) is 0 Å². The first-order chi connectivity index (χ1) is 9.13. The first-order valence-electron chi connectivity index (χ1n) is 5.68. The zero-order valence-corrected chi connectivity index (χ0v) is 10.7. The first kappa shape index (κ1) is 13.0. The quantitative estimate of drug-likeness (QED) is 0.831. The predicted octanol–water partition coefficient (Wildman–Crippen LogP) is 3.17. The Morgan fingerprint density at radius 2 is 1.53 bits per heavy atom. The summed E-state index contributed by atoms with van der Waals surface area (Å²) in [5.41, 5.74) is 7.21. The van der Waals surface area contributed by atoms with E-state index in [1.807, 2.05) is 0 Å². The van der Waals surface area contributed by atoms with Gasteiger partial charge in [0.05, 0.1) is 31.3 Å². The summed E-state index contributed by atoms with van der Waals surface area (Å²) in [6, 6.07) is 9.58. The van der Waals surface area contributed by atoms with Crippen LogP contribution in [0.1, 0.15) is 0 Å². The number of benzene rings is 2. The Morgan fingerprint density at radius 1 is 0.947 bits per heavy atom. The van der Waals surface area contributed by atoms with E-state index in [4.69, 9.17) is 15.2 Å². The molecule has 0 bridgehead atoms. The van der Waals surface area contributed by atoms with Crippen LogP contribution in [-0.4, -0.2) is 14.2 Å². The molecule has 19 heavy (non-hydrogen) atoms. The molecule has 0 spiro atoms. The van der Waals surface area contributed by atoms with E-state index in [1.165, 1.54) is 13.2 Å². The summed E-state index contributed by atoms with van der Waals surface area (Å²) in [7, 11) is 3.08.